The zero-order valence-corrected chi connectivity index (χ0v) is 20.6. The molecule has 0 radical (unpaired) electrons. The molecule has 4 rings (SSSR count). The molecule has 1 saturated carbocycles. The minimum Gasteiger partial charge on any atom is -0.462 e. The third-order valence-corrected chi connectivity index (χ3v) is 7.51. The number of hydrogen-bond donors (Lipinski definition) is 3. The fraction of sp³-hybridized carbons (Fsp3) is 0.500. The zero-order chi connectivity index (χ0) is 26.3. The number of aromatic nitrogens is 2. The molecule has 1 aliphatic heterocycles. The molecule has 6 atom stereocenters. The first-order chi connectivity index (χ1) is 16.9. The molecule has 2 aromatic rings. The van der Waals surface area contributed by atoms with Crippen molar-refractivity contribution in [2.24, 2.45) is 0 Å². The molecular formula is C22H27FN3O9P. The average Bonchev–Trinajstić information content (AvgIpc) is 3.29. The van der Waals surface area contributed by atoms with Crippen molar-refractivity contribution in [2.45, 2.75) is 62.9 Å². The molecule has 3 N–H and O–H groups in total. The quantitative estimate of drug-likeness (QED) is 0.305. The molecule has 12 nitrogen and oxygen atoms in total. The van der Waals surface area contributed by atoms with Gasteiger partial charge >= 0.3 is 19.4 Å². The molecule has 0 amide bonds. The van der Waals surface area contributed by atoms with Gasteiger partial charge in [-0.3, -0.25) is 23.7 Å². The largest absolute Gasteiger partial charge is 0.462 e. The second-order valence-corrected chi connectivity index (χ2v) is 10.7. The van der Waals surface area contributed by atoms with Crippen LogP contribution in [0.3, 0.4) is 0 Å². The van der Waals surface area contributed by atoms with E-state index in [4.69, 9.17) is 18.5 Å². The number of esters is 1. The highest BCUT2D eigenvalue weighted by atomic mass is 31.2. The Morgan fingerprint density at radius 2 is 2.00 bits per heavy atom. The Kier molecular flexibility index (Phi) is 6.97. The highest BCUT2D eigenvalue weighted by Crippen LogP contribution is 2.66. The first kappa shape index (κ1) is 26.2. The van der Waals surface area contributed by atoms with Crippen molar-refractivity contribution in [3.63, 3.8) is 0 Å². The van der Waals surface area contributed by atoms with Crippen LogP contribution in [0, 0.1) is 0 Å². The first-order valence-electron chi connectivity index (χ1n) is 11.2. The van der Waals surface area contributed by atoms with E-state index in [1.54, 1.807) is 32.0 Å². The molecule has 2 fully saturated rings. The number of carbonyl (C=O) groups excluding carboxylic acids is 1. The Balaban J connectivity index is 1.52. The summed E-state index contributed by atoms with van der Waals surface area (Å²) in [4.78, 5) is 37.8. The van der Waals surface area contributed by atoms with Gasteiger partial charge in [-0.25, -0.2) is 13.8 Å². The SMILES string of the molecule is CC(C)OC(=O)[C@H](C)N[P@](=O)(OC[C@H]1O[C@@H](n2ccc(=O)[nH]c2=O)[C@@]2(F)C[C@@]12O)Oc1ccccc1. The lowest BCUT2D eigenvalue weighted by molar-refractivity contribution is -0.149. The summed E-state index contributed by atoms with van der Waals surface area (Å²) in [5.41, 5.74) is -5.97. The highest BCUT2D eigenvalue weighted by Gasteiger charge is 2.82. The van der Waals surface area contributed by atoms with Crippen molar-refractivity contribution in [1.82, 2.24) is 14.6 Å². The maximum atomic E-state index is 15.5. The highest BCUT2D eigenvalue weighted by molar-refractivity contribution is 7.52. The van der Waals surface area contributed by atoms with Gasteiger partial charge in [0.25, 0.3) is 5.56 Å². The number of nitrogens with zero attached hydrogens (tertiary/aromatic N) is 1. The van der Waals surface area contributed by atoms with E-state index >= 15 is 4.39 Å². The van der Waals surface area contributed by atoms with E-state index in [1.165, 1.54) is 19.1 Å². The number of ether oxygens (including phenoxy) is 2. The van der Waals surface area contributed by atoms with Crippen molar-refractivity contribution in [3.05, 3.63) is 63.4 Å². The molecular weight excluding hydrogens is 500 g/mol. The van der Waals surface area contributed by atoms with Crippen molar-refractivity contribution < 1.29 is 37.4 Å². The summed E-state index contributed by atoms with van der Waals surface area (Å²) in [6.45, 7) is 4.10. The molecule has 196 valence electrons. The van der Waals surface area contributed by atoms with Crippen LogP contribution in [0.4, 0.5) is 4.39 Å². The molecule has 14 heteroatoms. The monoisotopic (exact) mass is 527 g/mol. The van der Waals surface area contributed by atoms with Gasteiger partial charge in [0, 0.05) is 18.7 Å². The number of alkyl halides is 1. The Hall–Kier alpha value is -2.83. The van der Waals surface area contributed by atoms with E-state index in [0.29, 0.717) is 0 Å². The maximum Gasteiger partial charge on any atom is 0.459 e. The van der Waals surface area contributed by atoms with Crippen LogP contribution in [-0.4, -0.2) is 56.8 Å². The van der Waals surface area contributed by atoms with Gasteiger partial charge in [-0.05, 0) is 32.9 Å². The number of hydrogen-bond acceptors (Lipinski definition) is 9. The fourth-order valence-corrected chi connectivity index (χ4v) is 5.47. The number of halogens is 1. The molecule has 0 spiro atoms. The van der Waals surface area contributed by atoms with Gasteiger partial charge in [0.1, 0.15) is 23.5 Å². The van der Waals surface area contributed by atoms with Gasteiger partial charge in [0.2, 0.25) is 0 Å². The Morgan fingerprint density at radius 3 is 2.64 bits per heavy atom. The predicted molar refractivity (Wildman–Crippen MR) is 123 cm³/mol. The number of benzene rings is 1. The van der Waals surface area contributed by atoms with Crippen LogP contribution in [0.15, 0.2) is 52.2 Å². The molecule has 2 aliphatic rings. The third kappa shape index (κ3) is 5.02. The number of fused-ring (bicyclic) bond motifs is 1. The third-order valence-electron chi connectivity index (χ3n) is 5.86. The zero-order valence-electron chi connectivity index (χ0n) is 19.8. The van der Waals surface area contributed by atoms with Crippen LogP contribution in [0.5, 0.6) is 5.75 Å². The number of nitrogens with one attached hydrogen (secondary N) is 2. The van der Waals surface area contributed by atoms with Gasteiger partial charge < -0.3 is 19.1 Å². The van der Waals surface area contributed by atoms with Gasteiger partial charge in [-0.2, -0.15) is 5.09 Å². The molecule has 0 bridgehead atoms. The van der Waals surface area contributed by atoms with E-state index in [1.807, 2.05) is 4.98 Å². The lowest BCUT2D eigenvalue weighted by Gasteiger charge is -2.26. The molecule has 1 aromatic heterocycles. The molecule has 2 heterocycles. The Bertz CT molecular complexity index is 1290. The van der Waals surface area contributed by atoms with Crippen LogP contribution >= 0.6 is 7.75 Å². The summed E-state index contributed by atoms with van der Waals surface area (Å²) in [7, 11) is -4.30. The molecule has 1 aromatic carbocycles. The minimum absolute atomic E-state index is 0.160. The Labute approximate surface area is 204 Å². The minimum atomic E-state index is -4.30. The molecule has 36 heavy (non-hydrogen) atoms. The van der Waals surface area contributed by atoms with Crippen molar-refractivity contribution in [3.8, 4) is 5.75 Å². The summed E-state index contributed by atoms with van der Waals surface area (Å²) in [5, 5.41) is 13.3. The van der Waals surface area contributed by atoms with Crippen molar-refractivity contribution >= 4 is 13.7 Å². The van der Waals surface area contributed by atoms with Crippen molar-refractivity contribution in [1.29, 1.82) is 0 Å². The second kappa shape index (κ2) is 9.56. The first-order valence-corrected chi connectivity index (χ1v) is 12.8. The summed E-state index contributed by atoms with van der Waals surface area (Å²) in [6, 6.07) is 7.91. The number of aromatic amines is 1. The van der Waals surface area contributed by atoms with Gasteiger partial charge in [0.05, 0.1) is 12.7 Å². The predicted octanol–water partition coefficient (Wildman–Crippen LogP) is 1.41. The lowest BCUT2D eigenvalue weighted by atomic mass is 10.1. The number of rotatable bonds is 10. The smallest absolute Gasteiger partial charge is 0.459 e. The van der Waals surface area contributed by atoms with Crippen LogP contribution in [-0.2, 0) is 23.4 Å². The molecule has 0 unspecified atom stereocenters. The number of para-hydroxylation sites is 1. The normalized spacial score (nSPS) is 29.3. The standard InChI is InChI=1S/C22H27FN3O9P/c1-13(2)33-18(28)14(3)25-36(31,35-15-7-5-4-6-8-15)32-11-16-22(30)12-21(22,23)19(34-16)26-10-9-17(27)24-20(26)29/h4-10,13-14,16,19,30H,11-12H2,1-3H3,(H,25,31)(H,24,27,29)/t14-,16+,19+,21-,22+,36-/m0/s1. The second-order valence-electron chi connectivity index (χ2n) is 8.99. The summed E-state index contributed by atoms with van der Waals surface area (Å²) in [6.07, 6.45) is -2.64. The van der Waals surface area contributed by atoms with Crippen molar-refractivity contribution in [2.75, 3.05) is 6.61 Å². The van der Waals surface area contributed by atoms with Crippen LogP contribution in [0.25, 0.3) is 0 Å². The fourth-order valence-electron chi connectivity index (χ4n) is 3.98. The van der Waals surface area contributed by atoms with Crippen LogP contribution < -0.4 is 20.9 Å². The lowest BCUT2D eigenvalue weighted by Crippen LogP contribution is -2.38. The summed E-state index contributed by atoms with van der Waals surface area (Å²) >= 11 is 0. The Morgan fingerprint density at radius 1 is 1.31 bits per heavy atom. The summed E-state index contributed by atoms with van der Waals surface area (Å²) in [5.74, 6) is -0.545. The summed E-state index contributed by atoms with van der Waals surface area (Å²) < 4.78 is 51.6. The molecule has 1 aliphatic carbocycles. The van der Waals surface area contributed by atoms with Gasteiger partial charge in [-0.15, -0.1) is 0 Å². The van der Waals surface area contributed by atoms with Gasteiger partial charge in [0.15, 0.2) is 11.9 Å². The maximum absolute atomic E-state index is 15.5. The average molecular weight is 527 g/mol. The number of carbonyl (C=O) groups is 1. The van der Waals surface area contributed by atoms with E-state index in [0.717, 1.165) is 16.8 Å². The van der Waals surface area contributed by atoms with Gasteiger partial charge in [-0.1, -0.05) is 18.2 Å². The molecule has 1 saturated heterocycles. The van der Waals surface area contributed by atoms with E-state index in [2.05, 4.69) is 5.09 Å². The number of H-pyrrole nitrogens is 1. The van der Waals surface area contributed by atoms with Crippen LogP contribution in [0.2, 0.25) is 0 Å². The van der Waals surface area contributed by atoms with E-state index in [-0.39, 0.29) is 12.2 Å². The van der Waals surface area contributed by atoms with Crippen LogP contribution in [0.1, 0.15) is 33.4 Å². The number of aliphatic hydroxyl groups is 1. The van der Waals surface area contributed by atoms with E-state index in [9.17, 15) is 24.1 Å². The van der Waals surface area contributed by atoms with E-state index < -0.39 is 67.3 Å². The topological polar surface area (TPSA) is 158 Å².